The van der Waals surface area contributed by atoms with Crippen molar-refractivity contribution in [3.8, 4) is 11.5 Å². The molecule has 0 fully saturated rings. The van der Waals surface area contributed by atoms with Gasteiger partial charge in [0.2, 0.25) is 0 Å². The number of hydrogen-bond donors (Lipinski definition) is 0. The summed E-state index contributed by atoms with van der Waals surface area (Å²) in [7, 11) is 1.47. The van der Waals surface area contributed by atoms with Gasteiger partial charge in [0.1, 0.15) is 11.5 Å². The molecule has 0 aliphatic carbocycles. The van der Waals surface area contributed by atoms with Crippen LogP contribution >= 0.6 is 7.92 Å². The van der Waals surface area contributed by atoms with Gasteiger partial charge < -0.3 is 9.47 Å². The van der Waals surface area contributed by atoms with E-state index in [0.29, 0.717) is 28.8 Å². The Kier molecular flexibility index (Phi) is 7.98. The summed E-state index contributed by atoms with van der Waals surface area (Å²) in [4.78, 5) is 27.1. The lowest BCUT2D eigenvalue weighted by Crippen LogP contribution is -2.18. The second kappa shape index (κ2) is 10.0. The lowest BCUT2D eigenvalue weighted by Gasteiger charge is -2.26. The summed E-state index contributed by atoms with van der Waals surface area (Å²) in [6.07, 6.45) is 1.48. The van der Waals surface area contributed by atoms with Crippen LogP contribution in [0.15, 0.2) is 48.5 Å². The lowest BCUT2D eigenvalue weighted by atomic mass is 9.86. The summed E-state index contributed by atoms with van der Waals surface area (Å²) in [6.45, 7) is 8.65. The Hall–Kier alpha value is -2.19. The number of hydrogen-bond acceptors (Lipinski definition) is 4. The maximum absolute atomic E-state index is 13.5. The molecule has 0 N–H and O–H groups in total. The third-order valence-electron chi connectivity index (χ3n) is 4.62. The molecule has 0 aliphatic rings. The zero-order valence-electron chi connectivity index (χ0n) is 18.2. The first-order valence-corrected chi connectivity index (χ1v) is 11.3. The van der Waals surface area contributed by atoms with Crippen LogP contribution in [0, 0.1) is 11.3 Å². The lowest BCUT2D eigenvalue weighted by molar-refractivity contribution is 0.104. The minimum absolute atomic E-state index is 0.126. The van der Waals surface area contributed by atoms with Crippen LogP contribution in [0.3, 0.4) is 0 Å². The topological polar surface area (TPSA) is 52.6 Å². The standard InChI is InChI=1S/C24H31O4P/c1-17(15-24(2,3)4)16-29(22(25)18-11-7-9-13-20(18)27-5)23(26)19-12-8-10-14-21(19)28-6/h7-14,17H,15-16H2,1-6H3. The summed E-state index contributed by atoms with van der Waals surface area (Å²) in [5, 5.41) is 0. The largest absolute Gasteiger partial charge is 0.496 e. The number of benzene rings is 2. The van der Waals surface area contributed by atoms with Crippen molar-refractivity contribution < 1.29 is 19.1 Å². The fourth-order valence-corrected chi connectivity index (χ4v) is 5.83. The van der Waals surface area contributed by atoms with Gasteiger partial charge >= 0.3 is 0 Å². The zero-order valence-corrected chi connectivity index (χ0v) is 19.1. The van der Waals surface area contributed by atoms with E-state index in [0.717, 1.165) is 6.42 Å². The van der Waals surface area contributed by atoms with E-state index in [1.807, 2.05) is 12.1 Å². The highest BCUT2D eigenvalue weighted by Crippen LogP contribution is 2.48. The molecule has 2 aromatic rings. The minimum Gasteiger partial charge on any atom is -0.496 e. The molecule has 0 spiro atoms. The third kappa shape index (κ3) is 6.14. The summed E-state index contributed by atoms with van der Waals surface area (Å²) in [6, 6.07) is 14.2. The molecule has 0 heterocycles. The molecule has 2 aromatic carbocycles. The first kappa shape index (κ1) is 23.1. The van der Waals surface area contributed by atoms with Gasteiger partial charge in [-0.2, -0.15) is 0 Å². The van der Waals surface area contributed by atoms with E-state index in [1.54, 1.807) is 50.6 Å². The van der Waals surface area contributed by atoms with E-state index in [4.69, 9.17) is 9.47 Å². The van der Waals surface area contributed by atoms with Crippen LogP contribution in [0.4, 0.5) is 0 Å². The van der Waals surface area contributed by atoms with Gasteiger partial charge in [-0.05, 0) is 48.2 Å². The van der Waals surface area contributed by atoms with Crippen molar-refractivity contribution in [2.75, 3.05) is 20.4 Å². The van der Waals surface area contributed by atoms with Crippen molar-refractivity contribution in [1.82, 2.24) is 0 Å². The average Bonchev–Trinajstić information content (AvgIpc) is 2.69. The van der Waals surface area contributed by atoms with E-state index < -0.39 is 7.92 Å². The minimum atomic E-state index is -1.61. The normalized spacial score (nSPS) is 12.5. The first-order valence-electron chi connectivity index (χ1n) is 9.80. The van der Waals surface area contributed by atoms with Crippen LogP contribution in [-0.2, 0) is 0 Å². The number of carbonyl (C=O) groups is 2. The SMILES string of the molecule is COc1ccccc1C(=O)P(CC(C)CC(C)(C)C)C(=O)c1ccccc1OC. The Balaban J connectivity index is 2.45. The van der Waals surface area contributed by atoms with E-state index in [2.05, 4.69) is 27.7 Å². The number of methoxy groups -OCH3 is 2. The van der Waals surface area contributed by atoms with Crippen molar-refractivity contribution in [3.05, 3.63) is 59.7 Å². The maximum atomic E-state index is 13.5. The highest BCUT2D eigenvalue weighted by molar-refractivity contribution is 7.90. The monoisotopic (exact) mass is 414 g/mol. The fraction of sp³-hybridized carbons (Fsp3) is 0.417. The number of rotatable bonds is 9. The summed E-state index contributed by atoms with van der Waals surface area (Å²) < 4.78 is 10.8. The molecular weight excluding hydrogens is 383 g/mol. The predicted octanol–water partition coefficient (Wildman–Crippen LogP) is 6.24. The van der Waals surface area contributed by atoms with E-state index >= 15 is 0 Å². The fourth-order valence-electron chi connectivity index (χ4n) is 3.61. The Morgan fingerprint density at radius 2 is 1.28 bits per heavy atom. The predicted molar refractivity (Wildman–Crippen MR) is 120 cm³/mol. The third-order valence-corrected chi connectivity index (χ3v) is 7.07. The molecule has 0 bridgehead atoms. The molecule has 0 aromatic heterocycles. The molecule has 0 saturated carbocycles. The molecule has 5 heteroatoms. The van der Waals surface area contributed by atoms with Gasteiger partial charge in [0.05, 0.1) is 25.3 Å². The van der Waals surface area contributed by atoms with E-state index in [-0.39, 0.29) is 22.4 Å². The Morgan fingerprint density at radius 1 is 0.862 bits per heavy atom. The van der Waals surface area contributed by atoms with Crippen LogP contribution in [0.1, 0.15) is 54.8 Å². The highest BCUT2D eigenvalue weighted by Gasteiger charge is 2.33. The molecule has 0 aliphatic heterocycles. The number of para-hydroxylation sites is 2. The second-order valence-corrected chi connectivity index (χ2v) is 10.5. The van der Waals surface area contributed by atoms with Gasteiger partial charge in [0.25, 0.3) is 0 Å². The van der Waals surface area contributed by atoms with Crippen molar-refractivity contribution in [1.29, 1.82) is 0 Å². The smallest absolute Gasteiger partial charge is 0.195 e. The maximum Gasteiger partial charge on any atom is 0.195 e. The average molecular weight is 414 g/mol. The van der Waals surface area contributed by atoms with Gasteiger partial charge in [-0.25, -0.2) is 0 Å². The van der Waals surface area contributed by atoms with E-state index in [9.17, 15) is 9.59 Å². The summed E-state index contributed by atoms with van der Waals surface area (Å²) in [5.41, 5.74) is 0.768. The second-order valence-electron chi connectivity index (χ2n) is 8.49. The quantitative estimate of drug-likeness (QED) is 0.456. The van der Waals surface area contributed by atoms with Crippen molar-refractivity contribution >= 4 is 19.0 Å². The van der Waals surface area contributed by atoms with Crippen molar-refractivity contribution in [2.45, 2.75) is 34.1 Å². The molecule has 156 valence electrons. The molecule has 2 rings (SSSR count). The van der Waals surface area contributed by atoms with Crippen LogP contribution in [0.25, 0.3) is 0 Å². The molecule has 0 amide bonds. The zero-order chi connectivity index (χ0) is 21.6. The number of carbonyl (C=O) groups excluding carboxylic acids is 2. The van der Waals surface area contributed by atoms with Crippen molar-refractivity contribution in [3.63, 3.8) is 0 Å². The van der Waals surface area contributed by atoms with Crippen LogP contribution in [0.5, 0.6) is 11.5 Å². The van der Waals surface area contributed by atoms with Gasteiger partial charge in [-0.1, -0.05) is 52.0 Å². The van der Waals surface area contributed by atoms with Gasteiger partial charge in [-0.15, -0.1) is 0 Å². The van der Waals surface area contributed by atoms with Crippen molar-refractivity contribution in [2.24, 2.45) is 11.3 Å². The molecule has 4 nitrogen and oxygen atoms in total. The molecule has 0 saturated heterocycles. The Morgan fingerprint density at radius 3 is 1.66 bits per heavy atom. The first-order chi connectivity index (χ1) is 13.7. The molecule has 0 radical (unpaired) electrons. The Labute approximate surface area is 175 Å². The highest BCUT2D eigenvalue weighted by atomic mass is 31.1. The van der Waals surface area contributed by atoms with Gasteiger partial charge in [0.15, 0.2) is 11.0 Å². The Bertz CT molecular complexity index is 794. The summed E-state index contributed by atoms with van der Waals surface area (Å²) in [5.74, 6) is 1.24. The van der Waals surface area contributed by atoms with Gasteiger partial charge in [-0.3, -0.25) is 9.59 Å². The molecule has 29 heavy (non-hydrogen) atoms. The molecular formula is C24H31O4P. The van der Waals surface area contributed by atoms with Crippen LogP contribution in [-0.4, -0.2) is 31.4 Å². The summed E-state index contributed by atoms with van der Waals surface area (Å²) >= 11 is 0. The van der Waals surface area contributed by atoms with Gasteiger partial charge in [0, 0.05) is 7.92 Å². The molecule has 1 atom stereocenters. The van der Waals surface area contributed by atoms with E-state index in [1.165, 1.54) is 0 Å². The van der Waals surface area contributed by atoms with Crippen LogP contribution in [0.2, 0.25) is 0 Å². The van der Waals surface area contributed by atoms with Crippen LogP contribution < -0.4 is 9.47 Å². The number of ether oxygens (including phenoxy) is 2. The molecule has 1 unspecified atom stereocenters.